The zero-order valence-corrected chi connectivity index (χ0v) is 13.0. The first-order chi connectivity index (χ1) is 8.49. The summed E-state index contributed by atoms with van der Waals surface area (Å²) in [6, 6.07) is 0. The summed E-state index contributed by atoms with van der Waals surface area (Å²) >= 11 is 0. The van der Waals surface area contributed by atoms with Gasteiger partial charge in [0.1, 0.15) is 0 Å². The Kier molecular flexibility index (Phi) is 6.42. The molecule has 0 amide bonds. The predicted octanol–water partition coefficient (Wildman–Crippen LogP) is 4.64. The van der Waals surface area contributed by atoms with Crippen molar-refractivity contribution in [1.29, 1.82) is 0 Å². The van der Waals surface area contributed by atoms with Gasteiger partial charge < -0.3 is 5.32 Å². The Hall–Kier alpha value is -0.300. The Morgan fingerprint density at radius 2 is 1.94 bits per heavy atom. The largest absolute Gasteiger partial charge is 0.317 e. The van der Waals surface area contributed by atoms with Gasteiger partial charge in [0.15, 0.2) is 0 Å². The van der Waals surface area contributed by atoms with E-state index >= 15 is 0 Å². The van der Waals surface area contributed by atoms with E-state index in [1.165, 1.54) is 38.6 Å². The zero-order chi connectivity index (χ0) is 13.6. The molecule has 0 saturated heterocycles. The highest BCUT2D eigenvalue weighted by molar-refractivity contribution is 4.87. The monoisotopic (exact) mass is 251 g/mol. The van der Waals surface area contributed by atoms with Gasteiger partial charge in [-0.2, -0.15) is 0 Å². The van der Waals surface area contributed by atoms with Crippen LogP contribution < -0.4 is 5.32 Å². The van der Waals surface area contributed by atoms with E-state index in [1.807, 2.05) is 0 Å². The Balaban J connectivity index is 2.57. The maximum Gasteiger partial charge on any atom is -0.00180 e. The number of hydrogen-bond acceptors (Lipinski definition) is 1. The van der Waals surface area contributed by atoms with Crippen LogP contribution in [0.4, 0.5) is 0 Å². The Morgan fingerprint density at radius 1 is 1.22 bits per heavy atom. The van der Waals surface area contributed by atoms with Crippen LogP contribution in [-0.4, -0.2) is 13.1 Å². The number of allylic oxidation sites excluding steroid dienone is 1. The van der Waals surface area contributed by atoms with Crippen molar-refractivity contribution in [3.63, 3.8) is 0 Å². The lowest BCUT2D eigenvalue weighted by molar-refractivity contribution is 0.0933. The van der Waals surface area contributed by atoms with Crippen LogP contribution in [0.25, 0.3) is 0 Å². The van der Waals surface area contributed by atoms with Crippen molar-refractivity contribution in [2.45, 2.75) is 59.8 Å². The molecule has 1 nitrogen and oxygen atoms in total. The summed E-state index contributed by atoms with van der Waals surface area (Å²) in [5, 5.41) is 3.55. The van der Waals surface area contributed by atoms with Crippen LogP contribution in [0, 0.1) is 23.2 Å². The van der Waals surface area contributed by atoms with Gasteiger partial charge in [-0.3, -0.25) is 0 Å². The molecule has 0 radical (unpaired) electrons. The molecule has 0 bridgehead atoms. The Bertz CT molecular complexity index is 238. The van der Waals surface area contributed by atoms with Gasteiger partial charge in [-0.05, 0) is 68.4 Å². The fraction of sp³-hybridized carbons (Fsp3) is 0.882. The molecule has 1 rings (SSSR count). The SMILES string of the molecule is C=CCCC1CC(C(C)(C)C)CCC1CNCC. The molecule has 0 aromatic carbocycles. The maximum absolute atomic E-state index is 3.88. The summed E-state index contributed by atoms with van der Waals surface area (Å²) in [6.07, 6.45) is 8.87. The van der Waals surface area contributed by atoms with E-state index in [9.17, 15) is 0 Å². The average molecular weight is 251 g/mol. The molecule has 1 fully saturated rings. The van der Waals surface area contributed by atoms with Crippen LogP contribution in [0.3, 0.4) is 0 Å². The first-order valence-corrected chi connectivity index (χ1v) is 7.80. The summed E-state index contributed by atoms with van der Waals surface area (Å²) < 4.78 is 0. The molecule has 3 atom stereocenters. The van der Waals surface area contributed by atoms with E-state index in [-0.39, 0.29) is 0 Å². The molecule has 1 N–H and O–H groups in total. The molecule has 1 aliphatic rings. The van der Waals surface area contributed by atoms with Crippen molar-refractivity contribution in [2.75, 3.05) is 13.1 Å². The summed E-state index contributed by atoms with van der Waals surface area (Å²) in [4.78, 5) is 0. The van der Waals surface area contributed by atoms with Gasteiger partial charge in [-0.15, -0.1) is 6.58 Å². The third-order valence-electron chi connectivity index (χ3n) is 4.76. The number of hydrogen-bond donors (Lipinski definition) is 1. The lowest BCUT2D eigenvalue weighted by Crippen LogP contribution is -2.36. The lowest BCUT2D eigenvalue weighted by Gasteiger charge is -2.42. The minimum atomic E-state index is 0.482. The van der Waals surface area contributed by atoms with Crippen molar-refractivity contribution in [3.05, 3.63) is 12.7 Å². The summed E-state index contributed by atoms with van der Waals surface area (Å²) in [5.74, 6) is 2.70. The summed E-state index contributed by atoms with van der Waals surface area (Å²) in [7, 11) is 0. The van der Waals surface area contributed by atoms with Gasteiger partial charge in [0.05, 0.1) is 0 Å². The van der Waals surface area contributed by atoms with Gasteiger partial charge >= 0.3 is 0 Å². The van der Waals surface area contributed by atoms with Gasteiger partial charge in [0.2, 0.25) is 0 Å². The first-order valence-electron chi connectivity index (χ1n) is 7.80. The molecular weight excluding hydrogens is 218 g/mol. The molecule has 1 saturated carbocycles. The zero-order valence-electron chi connectivity index (χ0n) is 13.0. The van der Waals surface area contributed by atoms with Crippen molar-refractivity contribution in [2.24, 2.45) is 23.2 Å². The third kappa shape index (κ3) is 4.76. The molecule has 18 heavy (non-hydrogen) atoms. The van der Waals surface area contributed by atoms with E-state index in [2.05, 4.69) is 45.7 Å². The summed E-state index contributed by atoms with van der Waals surface area (Å²) in [6.45, 7) is 15.6. The smallest absolute Gasteiger partial charge is 0.00180 e. The molecular formula is C17H33N. The van der Waals surface area contributed by atoms with Gasteiger partial charge in [-0.1, -0.05) is 33.8 Å². The molecule has 106 valence electrons. The second-order valence-electron chi connectivity index (χ2n) is 7.07. The fourth-order valence-corrected chi connectivity index (χ4v) is 3.40. The maximum atomic E-state index is 3.88. The highest BCUT2D eigenvalue weighted by Crippen LogP contribution is 2.44. The van der Waals surface area contributed by atoms with Crippen LogP contribution in [0.5, 0.6) is 0 Å². The highest BCUT2D eigenvalue weighted by Gasteiger charge is 2.34. The van der Waals surface area contributed by atoms with Gasteiger partial charge in [0.25, 0.3) is 0 Å². The van der Waals surface area contributed by atoms with Crippen molar-refractivity contribution < 1.29 is 0 Å². The van der Waals surface area contributed by atoms with E-state index in [0.29, 0.717) is 5.41 Å². The Morgan fingerprint density at radius 3 is 2.50 bits per heavy atom. The van der Waals surface area contributed by atoms with E-state index in [0.717, 1.165) is 24.3 Å². The van der Waals surface area contributed by atoms with Crippen molar-refractivity contribution >= 4 is 0 Å². The molecule has 0 aliphatic heterocycles. The van der Waals surface area contributed by atoms with Crippen LogP contribution in [0.15, 0.2) is 12.7 Å². The molecule has 1 heteroatoms. The molecule has 0 aromatic rings. The fourth-order valence-electron chi connectivity index (χ4n) is 3.40. The lowest BCUT2D eigenvalue weighted by atomic mass is 9.64. The van der Waals surface area contributed by atoms with E-state index in [1.54, 1.807) is 0 Å². The van der Waals surface area contributed by atoms with E-state index in [4.69, 9.17) is 0 Å². The molecule has 0 aromatic heterocycles. The first kappa shape index (κ1) is 15.8. The van der Waals surface area contributed by atoms with Crippen LogP contribution in [0.2, 0.25) is 0 Å². The minimum absolute atomic E-state index is 0.482. The minimum Gasteiger partial charge on any atom is -0.317 e. The van der Waals surface area contributed by atoms with Crippen LogP contribution >= 0.6 is 0 Å². The Labute approximate surface area is 114 Å². The standard InChI is InChI=1S/C17H33N/c1-6-8-9-14-12-16(17(3,4)5)11-10-15(14)13-18-7-2/h6,14-16,18H,1,7-13H2,2-5H3. The van der Waals surface area contributed by atoms with Crippen molar-refractivity contribution in [1.82, 2.24) is 5.32 Å². The normalized spacial score (nSPS) is 29.2. The second-order valence-corrected chi connectivity index (χ2v) is 7.07. The molecule has 3 unspecified atom stereocenters. The molecule has 0 spiro atoms. The topological polar surface area (TPSA) is 12.0 Å². The quantitative estimate of drug-likeness (QED) is 0.678. The number of rotatable bonds is 6. The molecule has 0 heterocycles. The van der Waals surface area contributed by atoms with Gasteiger partial charge in [-0.25, -0.2) is 0 Å². The van der Waals surface area contributed by atoms with E-state index < -0.39 is 0 Å². The van der Waals surface area contributed by atoms with Crippen LogP contribution in [-0.2, 0) is 0 Å². The van der Waals surface area contributed by atoms with Gasteiger partial charge in [0, 0.05) is 0 Å². The highest BCUT2D eigenvalue weighted by atomic mass is 14.8. The third-order valence-corrected chi connectivity index (χ3v) is 4.76. The molecule has 1 aliphatic carbocycles. The van der Waals surface area contributed by atoms with Crippen LogP contribution in [0.1, 0.15) is 59.8 Å². The average Bonchev–Trinajstić information content (AvgIpc) is 2.33. The second kappa shape index (κ2) is 7.33. The summed E-state index contributed by atoms with van der Waals surface area (Å²) in [5.41, 5.74) is 0.482. The predicted molar refractivity (Wildman–Crippen MR) is 81.8 cm³/mol. The number of nitrogens with one attached hydrogen (secondary N) is 1. The van der Waals surface area contributed by atoms with Crippen molar-refractivity contribution in [3.8, 4) is 0 Å².